The molecule has 1 amide bonds. The standard InChI is InChI=1S/C23H23Cl2N3O3/c1-2-3-20-13-21(17-10-18(24)12-19(25)11-17)27-28(20)14-15-4-6-16(7-5-15)23(31)26-9-8-22(29)30/h4-7,10-13H,2-3,8-9,14H2,1H3,(H,26,31)(H,29,30). The zero-order valence-corrected chi connectivity index (χ0v) is 18.6. The van der Waals surface area contributed by atoms with Crippen LogP contribution in [0.2, 0.25) is 10.0 Å². The molecule has 0 saturated heterocycles. The molecule has 0 aliphatic rings. The number of aromatic nitrogens is 2. The van der Waals surface area contributed by atoms with Crippen LogP contribution in [-0.2, 0) is 17.8 Å². The summed E-state index contributed by atoms with van der Waals surface area (Å²) in [5.41, 5.74) is 4.25. The van der Waals surface area contributed by atoms with E-state index in [1.54, 1.807) is 18.2 Å². The van der Waals surface area contributed by atoms with E-state index < -0.39 is 5.97 Å². The molecule has 3 aromatic rings. The lowest BCUT2D eigenvalue weighted by molar-refractivity contribution is -0.136. The SMILES string of the molecule is CCCc1cc(-c2cc(Cl)cc(Cl)c2)nn1Cc1ccc(C(=O)NCCC(=O)O)cc1. The Bertz CT molecular complexity index is 1060. The van der Waals surface area contributed by atoms with Crippen molar-refractivity contribution in [3.63, 3.8) is 0 Å². The second kappa shape index (κ2) is 10.5. The van der Waals surface area contributed by atoms with Crippen LogP contribution in [0.15, 0.2) is 48.5 Å². The maximum absolute atomic E-state index is 12.1. The van der Waals surface area contributed by atoms with Gasteiger partial charge >= 0.3 is 5.97 Å². The van der Waals surface area contributed by atoms with Crippen molar-refractivity contribution in [1.82, 2.24) is 15.1 Å². The predicted octanol–water partition coefficient (Wildman–Crippen LogP) is 5.06. The normalized spacial score (nSPS) is 10.8. The van der Waals surface area contributed by atoms with Crippen LogP contribution >= 0.6 is 23.2 Å². The zero-order chi connectivity index (χ0) is 22.4. The third kappa shape index (κ3) is 6.32. The molecule has 2 N–H and O–H groups in total. The van der Waals surface area contributed by atoms with Gasteiger partial charge in [0.25, 0.3) is 5.91 Å². The number of amides is 1. The quantitative estimate of drug-likeness (QED) is 0.468. The lowest BCUT2D eigenvalue weighted by atomic mass is 10.1. The van der Waals surface area contributed by atoms with Crippen LogP contribution in [0.5, 0.6) is 0 Å². The van der Waals surface area contributed by atoms with Gasteiger partial charge in [-0.05, 0) is 48.4 Å². The summed E-state index contributed by atoms with van der Waals surface area (Å²) in [6.45, 7) is 2.77. The Labute approximate surface area is 190 Å². The van der Waals surface area contributed by atoms with E-state index in [4.69, 9.17) is 33.4 Å². The number of halogens is 2. The summed E-state index contributed by atoms with van der Waals surface area (Å²) in [5, 5.41) is 17.1. The average Bonchev–Trinajstić information content (AvgIpc) is 3.10. The molecule has 0 fully saturated rings. The number of carbonyl (C=O) groups is 2. The van der Waals surface area contributed by atoms with Crippen molar-refractivity contribution in [3.8, 4) is 11.3 Å². The number of carbonyl (C=O) groups excluding carboxylic acids is 1. The molecule has 2 aromatic carbocycles. The minimum Gasteiger partial charge on any atom is -0.481 e. The molecule has 0 unspecified atom stereocenters. The molecule has 31 heavy (non-hydrogen) atoms. The zero-order valence-electron chi connectivity index (χ0n) is 17.1. The number of rotatable bonds is 9. The van der Waals surface area contributed by atoms with Crippen LogP contribution < -0.4 is 5.32 Å². The molecular weight excluding hydrogens is 437 g/mol. The molecule has 8 heteroatoms. The Balaban J connectivity index is 1.76. The van der Waals surface area contributed by atoms with Gasteiger partial charge in [0.15, 0.2) is 0 Å². The molecule has 0 aliphatic carbocycles. The third-order valence-electron chi connectivity index (χ3n) is 4.70. The maximum atomic E-state index is 12.1. The van der Waals surface area contributed by atoms with E-state index in [0.717, 1.165) is 35.4 Å². The van der Waals surface area contributed by atoms with Gasteiger partial charge in [-0.1, -0.05) is 48.7 Å². The topological polar surface area (TPSA) is 84.2 Å². The van der Waals surface area contributed by atoms with Crippen molar-refractivity contribution >= 4 is 35.1 Å². The summed E-state index contributed by atoms with van der Waals surface area (Å²) in [7, 11) is 0. The molecule has 1 aromatic heterocycles. The molecule has 0 radical (unpaired) electrons. The Morgan fingerprint density at radius 1 is 1.06 bits per heavy atom. The molecule has 0 bridgehead atoms. The van der Waals surface area contributed by atoms with Gasteiger partial charge in [-0.3, -0.25) is 14.3 Å². The first-order chi connectivity index (χ1) is 14.9. The molecule has 0 aliphatic heterocycles. The largest absolute Gasteiger partial charge is 0.481 e. The van der Waals surface area contributed by atoms with Gasteiger partial charge in [0.2, 0.25) is 0 Å². The lowest BCUT2D eigenvalue weighted by Gasteiger charge is -2.08. The maximum Gasteiger partial charge on any atom is 0.305 e. The Kier molecular flexibility index (Phi) is 7.71. The van der Waals surface area contributed by atoms with E-state index in [0.29, 0.717) is 22.2 Å². The second-order valence-electron chi connectivity index (χ2n) is 7.18. The van der Waals surface area contributed by atoms with Crippen molar-refractivity contribution in [3.05, 3.63) is 75.4 Å². The van der Waals surface area contributed by atoms with Crippen molar-refractivity contribution in [2.75, 3.05) is 6.54 Å². The van der Waals surface area contributed by atoms with Crippen LogP contribution in [0.25, 0.3) is 11.3 Å². The fourth-order valence-corrected chi connectivity index (χ4v) is 3.74. The summed E-state index contributed by atoms with van der Waals surface area (Å²) in [6.07, 6.45) is 1.76. The molecule has 0 saturated carbocycles. The fourth-order valence-electron chi connectivity index (χ4n) is 3.21. The highest BCUT2D eigenvalue weighted by molar-refractivity contribution is 6.35. The highest BCUT2D eigenvalue weighted by Crippen LogP contribution is 2.27. The number of carboxylic acid groups (broad SMARTS) is 1. The minimum atomic E-state index is -0.947. The van der Waals surface area contributed by atoms with E-state index in [-0.39, 0.29) is 18.9 Å². The number of nitrogens with zero attached hydrogens (tertiary/aromatic N) is 2. The van der Waals surface area contributed by atoms with Crippen molar-refractivity contribution in [2.24, 2.45) is 0 Å². The summed E-state index contributed by atoms with van der Waals surface area (Å²) < 4.78 is 1.95. The number of benzene rings is 2. The highest BCUT2D eigenvalue weighted by atomic mass is 35.5. The van der Waals surface area contributed by atoms with Crippen LogP contribution in [0.3, 0.4) is 0 Å². The smallest absolute Gasteiger partial charge is 0.305 e. The van der Waals surface area contributed by atoms with Crippen molar-refractivity contribution in [1.29, 1.82) is 0 Å². The summed E-state index contributed by atoms with van der Waals surface area (Å²) in [5.74, 6) is -1.24. The Hall–Kier alpha value is -2.83. The van der Waals surface area contributed by atoms with E-state index in [1.807, 2.05) is 28.9 Å². The first kappa shape index (κ1) is 22.8. The lowest BCUT2D eigenvalue weighted by Crippen LogP contribution is -2.25. The molecule has 6 nitrogen and oxygen atoms in total. The first-order valence-electron chi connectivity index (χ1n) is 9.98. The minimum absolute atomic E-state index is 0.0971. The molecule has 1 heterocycles. The first-order valence-corrected chi connectivity index (χ1v) is 10.7. The van der Waals surface area contributed by atoms with Crippen molar-refractivity contribution in [2.45, 2.75) is 32.7 Å². The van der Waals surface area contributed by atoms with E-state index in [1.165, 1.54) is 0 Å². The Morgan fingerprint density at radius 2 is 1.74 bits per heavy atom. The van der Waals surface area contributed by atoms with Gasteiger partial charge in [-0.15, -0.1) is 0 Å². The summed E-state index contributed by atoms with van der Waals surface area (Å²) in [4.78, 5) is 22.7. The van der Waals surface area contributed by atoms with Gasteiger partial charge in [0.1, 0.15) is 0 Å². The number of aryl methyl sites for hydroxylation is 1. The van der Waals surface area contributed by atoms with Gasteiger partial charge in [-0.25, -0.2) is 0 Å². The van der Waals surface area contributed by atoms with Crippen molar-refractivity contribution < 1.29 is 14.7 Å². The highest BCUT2D eigenvalue weighted by Gasteiger charge is 2.12. The number of aliphatic carboxylic acids is 1. The van der Waals surface area contributed by atoms with Crippen LogP contribution in [-0.4, -0.2) is 33.3 Å². The molecule has 3 rings (SSSR count). The van der Waals surface area contributed by atoms with Gasteiger partial charge < -0.3 is 10.4 Å². The van der Waals surface area contributed by atoms with Gasteiger partial charge in [0.05, 0.1) is 18.7 Å². The van der Waals surface area contributed by atoms with Gasteiger partial charge in [0, 0.05) is 33.4 Å². The number of hydrogen-bond donors (Lipinski definition) is 2. The number of nitrogens with one attached hydrogen (secondary N) is 1. The van der Waals surface area contributed by atoms with E-state index >= 15 is 0 Å². The van der Waals surface area contributed by atoms with E-state index in [9.17, 15) is 9.59 Å². The average molecular weight is 460 g/mol. The third-order valence-corrected chi connectivity index (χ3v) is 5.14. The van der Waals surface area contributed by atoms with Gasteiger partial charge in [-0.2, -0.15) is 5.10 Å². The molecule has 0 atom stereocenters. The molecule has 0 spiro atoms. The summed E-state index contributed by atoms with van der Waals surface area (Å²) in [6, 6.07) is 14.6. The number of hydrogen-bond acceptors (Lipinski definition) is 3. The van der Waals surface area contributed by atoms with E-state index in [2.05, 4.69) is 18.3 Å². The Morgan fingerprint density at radius 3 is 2.35 bits per heavy atom. The van der Waals surface area contributed by atoms with Crippen LogP contribution in [0.1, 0.15) is 41.4 Å². The predicted molar refractivity (Wildman–Crippen MR) is 122 cm³/mol. The van der Waals surface area contributed by atoms with Crippen LogP contribution in [0.4, 0.5) is 0 Å². The summed E-state index contributed by atoms with van der Waals surface area (Å²) >= 11 is 12.3. The fraction of sp³-hybridized carbons (Fsp3) is 0.261. The molecular formula is C23H23Cl2N3O3. The molecule has 162 valence electrons. The monoisotopic (exact) mass is 459 g/mol. The second-order valence-corrected chi connectivity index (χ2v) is 8.06. The number of carboxylic acids is 1. The van der Waals surface area contributed by atoms with Crippen LogP contribution in [0, 0.1) is 0 Å².